The first-order chi connectivity index (χ1) is 19.5. The monoisotopic (exact) mass is 540 g/mol. The summed E-state index contributed by atoms with van der Waals surface area (Å²) in [6, 6.07) is 29.4. The highest BCUT2D eigenvalue weighted by Gasteiger charge is 2.24. The van der Waals surface area contributed by atoms with E-state index in [1.54, 1.807) is 48.5 Å². The molecule has 4 aromatic rings. The number of rotatable bonds is 10. The van der Waals surface area contributed by atoms with Gasteiger partial charge in [0.25, 0.3) is 0 Å². The molecule has 0 unspecified atom stereocenters. The average Bonchev–Trinajstić information content (AvgIpc) is 2.97. The van der Waals surface area contributed by atoms with Crippen molar-refractivity contribution >= 4 is 23.4 Å². The number of benzene rings is 4. The van der Waals surface area contributed by atoms with Crippen molar-refractivity contribution in [2.24, 2.45) is 0 Å². The maximum absolute atomic E-state index is 12.7. The lowest BCUT2D eigenvalue weighted by Gasteiger charge is -2.32. The molecule has 1 heterocycles. The van der Waals surface area contributed by atoms with E-state index in [1.807, 2.05) is 48.5 Å². The molecular formula is C31H28N2O7. The van der Waals surface area contributed by atoms with Crippen LogP contribution in [0, 0.1) is 0 Å². The minimum Gasteiger partial charge on any atom is -0.497 e. The second kappa shape index (κ2) is 12.1. The molecule has 0 radical (unpaired) electrons. The summed E-state index contributed by atoms with van der Waals surface area (Å²) in [6.07, 6.45) is -0.765. The van der Waals surface area contributed by atoms with Crippen LogP contribution in [-0.4, -0.2) is 48.9 Å². The van der Waals surface area contributed by atoms with Gasteiger partial charge in [-0.05, 0) is 66.2 Å². The number of aliphatic carboxylic acids is 1. The number of carboxylic acid groups (broad SMARTS) is 1. The molecule has 0 aliphatic carbocycles. The maximum Gasteiger partial charge on any atom is 0.416 e. The summed E-state index contributed by atoms with van der Waals surface area (Å²) >= 11 is 0. The van der Waals surface area contributed by atoms with E-state index in [4.69, 9.17) is 18.9 Å². The fraction of sp³-hybridized carbons (Fsp3) is 0.161. The molecule has 0 atom stereocenters. The van der Waals surface area contributed by atoms with Crippen LogP contribution in [0.2, 0.25) is 0 Å². The molecule has 1 amide bonds. The molecular weight excluding hydrogens is 512 g/mol. The van der Waals surface area contributed by atoms with E-state index in [0.717, 1.165) is 33.3 Å². The number of anilines is 2. The molecule has 0 fully saturated rings. The molecule has 0 spiro atoms. The minimum atomic E-state index is -1.14. The third-order valence-corrected chi connectivity index (χ3v) is 6.26. The number of amides is 1. The van der Waals surface area contributed by atoms with Crippen molar-refractivity contribution in [3.8, 4) is 28.7 Å². The van der Waals surface area contributed by atoms with Crippen molar-refractivity contribution in [2.75, 3.05) is 31.7 Å². The number of carbonyl (C=O) groups excluding carboxylic acids is 1. The van der Waals surface area contributed by atoms with Crippen molar-refractivity contribution in [1.29, 1.82) is 0 Å². The fourth-order valence-electron chi connectivity index (χ4n) is 4.35. The van der Waals surface area contributed by atoms with Crippen LogP contribution in [0.25, 0.3) is 0 Å². The Morgan fingerprint density at radius 1 is 0.800 bits per heavy atom. The summed E-state index contributed by atoms with van der Waals surface area (Å²) in [5.41, 5.74) is 2.68. The van der Waals surface area contributed by atoms with Gasteiger partial charge in [-0.2, -0.15) is 0 Å². The Hall–Kier alpha value is -5.18. The van der Waals surface area contributed by atoms with Crippen LogP contribution in [0.3, 0.4) is 0 Å². The first-order valence-corrected chi connectivity index (χ1v) is 12.7. The lowest BCUT2D eigenvalue weighted by molar-refractivity contribution is -0.138. The lowest BCUT2D eigenvalue weighted by atomic mass is 10.1. The predicted octanol–water partition coefficient (Wildman–Crippen LogP) is 6.10. The maximum atomic E-state index is 12.7. The van der Waals surface area contributed by atoms with Crippen LogP contribution >= 0.6 is 0 Å². The summed E-state index contributed by atoms with van der Waals surface area (Å²) in [4.78, 5) is 27.4. The van der Waals surface area contributed by atoms with Gasteiger partial charge in [0.15, 0.2) is 11.5 Å². The van der Waals surface area contributed by atoms with Crippen LogP contribution in [0.1, 0.15) is 5.56 Å². The summed E-state index contributed by atoms with van der Waals surface area (Å²) in [5, 5.41) is 9.32. The summed E-state index contributed by atoms with van der Waals surface area (Å²) in [7, 11) is 1.54. The Morgan fingerprint density at radius 3 is 1.98 bits per heavy atom. The first kappa shape index (κ1) is 26.4. The number of nitrogens with zero attached hydrogens (tertiary/aromatic N) is 2. The number of carbonyl (C=O) groups is 2. The quantitative estimate of drug-likeness (QED) is 0.258. The Kier molecular flexibility index (Phi) is 8.01. The number of carboxylic acids is 1. The van der Waals surface area contributed by atoms with Gasteiger partial charge >= 0.3 is 12.1 Å². The Morgan fingerprint density at radius 2 is 1.38 bits per heavy atom. The van der Waals surface area contributed by atoms with Gasteiger partial charge in [-0.3, -0.25) is 9.69 Å². The Balaban J connectivity index is 1.20. The van der Waals surface area contributed by atoms with E-state index >= 15 is 0 Å². The van der Waals surface area contributed by atoms with Crippen LogP contribution in [0.15, 0.2) is 97.1 Å². The molecule has 0 aromatic heterocycles. The average molecular weight is 541 g/mol. The zero-order chi connectivity index (χ0) is 27.9. The van der Waals surface area contributed by atoms with Gasteiger partial charge in [-0.25, -0.2) is 4.79 Å². The van der Waals surface area contributed by atoms with Gasteiger partial charge < -0.3 is 29.0 Å². The second-order valence-corrected chi connectivity index (χ2v) is 8.97. The normalized spacial score (nSPS) is 11.5. The number of hydrogen-bond acceptors (Lipinski definition) is 7. The SMILES string of the molecule is COc1ccc(OC(=O)N(CC(=O)O)Cc2ccc(OCCN3c4ccccc4Oc4ccccc43)cc2)cc1. The van der Waals surface area contributed by atoms with Crippen LogP contribution < -0.4 is 23.8 Å². The molecule has 9 nitrogen and oxygen atoms in total. The van der Waals surface area contributed by atoms with Crippen LogP contribution in [-0.2, 0) is 11.3 Å². The zero-order valence-corrected chi connectivity index (χ0v) is 21.9. The molecule has 5 rings (SSSR count). The summed E-state index contributed by atoms with van der Waals surface area (Å²) < 4.78 is 22.5. The van der Waals surface area contributed by atoms with E-state index in [1.165, 1.54) is 7.11 Å². The van der Waals surface area contributed by atoms with E-state index in [9.17, 15) is 14.7 Å². The van der Waals surface area contributed by atoms with Crippen molar-refractivity contribution in [2.45, 2.75) is 6.54 Å². The smallest absolute Gasteiger partial charge is 0.416 e. The summed E-state index contributed by atoms with van der Waals surface area (Å²) in [5.74, 6) is 2.01. The lowest BCUT2D eigenvalue weighted by Crippen LogP contribution is -2.37. The largest absolute Gasteiger partial charge is 0.497 e. The number of methoxy groups -OCH3 is 1. The molecule has 0 saturated heterocycles. The molecule has 4 aromatic carbocycles. The van der Waals surface area contributed by atoms with Gasteiger partial charge in [0, 0.05) is 6.54 Å². The van der Waals surface area contributed by atoms with Gasteiger partial charge in [-0.1, -0.05) is 36.4 Å². The van der Waals surface area contributed by atoms with Gasteiger partial charge in [0.05, 0.1) is 25.0 Å². The van der Waals surface area contributed by atoms with E-state index in [0.29, 0.717) is 24.7 Å². The van der Waals surface area contributed by atoms with Gasteiger partial charge in [-0.15, -0.1) is 0 Å². The molecule has 0 bridgehead atoms. The third-order valence-electron chi connectivity index (χ3n) is 6.26. The van der Waals surface area contributed by atoms with Gasteiger partial charge in [0.1, 0.15) is 30.4 Å². The van der Waals surface area contributed by atoms with Gasteiger partial charge in [0.2, 0.25) is 0 Å². The number of para-hydroxylation sites is 4. The number of fused-ring (bicyclic) bond motifs is 2. The predicted molar refractivity (Wildman–Crippen MR) is 149 cm³/mol. The van der Waals surface area contributed by atoms with Crippen molar-refractivity contribution in [1.82, 2.24) is 4.90 Å². The highest BCUT2D eigenvalue weighted by Crippen LogP contribution is 2.45. The molecule has 0 saturated carbocycles. The van der Waals surface area contributed by atoms with Crippen LogP contribution in [0.4, 0.5) is 16.2 Å². The standard InChI is InChI=1S/C31H28N2O7/c1-37-23-14-16-25(17-15-23)39-31(36)32(21-30(34)35)20-22-10-12-24(13-11-22)38-19-18-33-26-6-2-4-8-28(26)40-29-9-5-3-7-27(29)33/h2-17H,18-21H2,1H3,(H,34,35). The van der Waals surface area contributed by atoms with E-state index < -0.39 is 18.6 Å². The molecule has 1 aliphatic rings. The topological polar surface area (TPSA) is 97.8 Å². The number of ether oxygens (including phenoxy) is 4. The molecule has 1 N–H and O–H groups in total. The molecule has 1 aliphatic heterocycles. The zero-order valence-electron chi connectivity index (χ0n) is 21.9. The number of hydrogen-bond donors (Lipinski definition) is 1. The Bertz CT molecular complexity index is 1430. The molecule has 9 heteroatoms. The molecule has 40 heavy (non-hydrogen) atoms. The van der Waals surface area contributed by atoms with E-state index in [-0.39, 0.29) is 12.3 Å². The van der Waals surface area contributed by atoms with Crippen molar-refractivity contribution in [3.05, 3.63) is 103 Å². The third kappa shape index (κ3) is 6.27. The second-order valence-electron chi connectivity index (χ2n) is 8.97. The Labute approximate surface area is 231 Å². The first-order valence-electron chi connectivity index (χ1n) is 12.7. The minimum absolute atomic E-state index is 0.0584. The van der Waals surface area contributed by atoms with E-state index in [2.05, 4.69) is 4.90 Å². The summed E-state index contributed by atoms with van der Waals surface area (Å²) in [6.45, 7) is 0.572. The fourth-order valence-corrected chi connectivity index (χ4v) is 4.35. The van der Waals surface area contributed by atoms with Crippen molar-refractivity contribution in [3.63, 3.8) is 0 Å². The van der Waals surface area contributed by atoms with Crippen molar-refractivity contribution < 1.29 is 33.6 Å². The highest BCUT2D eigenvalue weighted by atomic mass is 16.6. The highest BCUT2D eigenvalue weighted by molar-refractivity contribution is 5.78. The molecule has 204 valence electrons. The van der Waals surface area contributed by atoms with Crippen LogP contribution in [0.5, 0.6) is 28.7 Å².